The zero-order valence-corrected chi connectivity index (χ0v) is 15.9. The average molecular weight is 378 g/mol. The number of nitro benzene ring substituents is 1. The van der Waals surface area contributed by atoms with Crippen LogP contribution in [0.5, 0.6) is 0 Å². The van der Waals surface area contributed by atoms with Gasteiger partial charge in [0.15, 0.2) is 0 Å². The van der Waals surface area contributed by atoms with Crippen LogP contribution < -0.4 is 11.1 Å². The number of rotatable bonds is 6. The van der Waals surface area contributed by atoms with Crippen molar-refractivity contribution >= 4 is 24.0 Å². The minimum Gasteiger partial charge on any atom is -0.350 e. The number of nitrogens with one attached hydrogen (secondary N) is 1. The van der Waals surface area contributed by atoms with Gasteiger partial charge in [0.2, 0.25) is 0 Å². The van der Waals surface area contributed by atoms with Crippen LogP contribution in [0.25, 0.3) is 0 Å². The molecule has 26 heavy (non-hydrogen) atoms. The van der Waals surface area contributed by atoms with Gasteiger partial charge in [-0.3, -0.25) is 14.9 Å². The zero-order valence-electron chi connectivity index (χ0n) is 15.1. The summed E-state index contributed by atoms with van der Waals surface area (Å²) in [7, 11) is 0. The monoisotopic (exact) mass is 377 g/mol. The lowest BCUT2D eigenvalue weighted by Crippen LogP contribution is -2.32. The van der Waals surface area contributed by atoms with E-state index in [1.165, 1.54) is 11.6 Å². The summed E-state index contributed by atoms with van der Waals surface area (Å²) in [6, 6.07) is 12.2. The normalized spacial score (nSPS) is 11.6. The van der Waals surface area contributed by atoms with Crippen molar-refractivity contribution in [3.05, 3.63) is 74.8 Å². The Bertz CT molecular complexity index is 776. The van der Waals surface area contributed by atoms with E-state index >= 15 is 0 Å². The molecule has 6 nitrogen and oxygen atoms in total. The van der Waals surface area contributed by atoms with E-state index in [0.29, 0.717) is 11.5 Å². The maximum absolute atomic E-state index is 12.3. The average Bonchev–Trinajstić information content (AvgIpc) is 2.58. The number of carbonyl (C=O) groups excluding carboxylic acids is 1. The molecule has 0 spiro atoms. The van der Waals surface area contributed by atoms with Crippen molar-refractivity contribution in [3.8, 4) is 0 Å². The van der Waals surface area contributed by atoms with E-state index in [1.807, 2.05) is 24.3 Å². The fourth-order valence-electron chi connectivity index (χ4n) is 2.63. The van der Waals surface area contributed by atoms with Crippen LogP contribution in [-0.4, -0.2) is 17.4 Å². The molecule has 0 fully saturated rings. The van der Waals surface area contributed by atoms with Crippen molar-refractivity contribution in [2.45, 2.75) is 32.7 Å². The molecule has 2 aromatic carbocycles. The lowest BCUT2D eigenvalue weighted by atomic mass is 9.99. The maximum Gasteiger partial charge on any atom is 0.285 e. The first-order valence-corrected chi connectivity index (χ1v) is 8.19. The second kappa shape index (κ2) is 9.31. The summed E-state index contributed by atoms with van der Waals surface area (Å²) in [4.78, 5) is 23.0. The Morgan fingerprint density at radius 1 is 1.15 bits per heavy atom. The van der Waals surface area contributed by atoms with Gasteiger partial charge in [-0.25, -0.2) is 0 Å². The summed E-state index contributed by atoms with van der Waals surface area (Å²) in [5, 5.41) is 13.9. The van der Waals surface area contributed by atoms with Gasteiger partial charge in [-0.05, 0) is 30.0 Å². The van der Waals surface area contributed by atoms with E-state index in [9.17, 15) is 14.9 Å². The number of aryl methyl sites for hydroxylation is 1. The third-order valence-corrected chi connectivity index (χ3v) is 4.18. The number of amides is 1. The minimum atomic E-state index is -0.533. The van der Waals surface area contributed by atoms with Gasteiger partial charge in [-0.15, -0.1) is 12.4 Å². The van der Waals surface area contributed by atoms with Crippen molar-refractivity contribution in [2.75, 3.05) is 6.54 Å². The molecule has 0 saturated heterocycles. The summed E-state index contributed by atoms with van der Waals surface area (Å²) < 4.78 is 0. The van der Waals surface area contributed by atoms with Crippen LogP contribution in [0, 0.1) is 17.0 Å². The van der Waals surface area contributed by atoms with Crippen molar-refractivity contribution in [1.82, 2.24) is 5.32 Å². The Balaban J connectivity index is 0.00000338. The van der Waals surface area contributed by atoms with Gasteiger partial charge in [0, 0.05) is 18.2 Å². The Hall–Kier alpha value is -2.44. The van der Waals surface area contributed by atoms with Crippen molar-refractivity contribution < 1.29 is 9.72 Å². The zero-order chi connectivity index (χ0) is 18.6. The number of nitrogens with zero attached hydrogens (tertiary/aromatic N) is 1. The Labute approximate surface area is 159 Å². The highest BCUT2D eigenvalue weighted by Crippen LogP contribution is 2.23. The van der Waals surface area contributed by atoms with E-state index in [4.69, 9.17) is 5.73 Å². The molecule has 0 bridgehead atoms. The van der Waals surface area contributed by atoms with Crippen LogP contribution in [0.2, 0.25) is 0 Å². The highest BCUT2D eigenvalue weighted by molar-refractivity contribution is 5.98. The van der Waals surface area contributed by atoms with Crippen LogP contribution in [0.1, 0.15) is 52.9 Å². The van der Waals surface area contributed by atoms with E-state index in [1.54, 1.807) is 19.1 Å². The first kappa shape index (κ1) is 21.6. The highest BCUT2D eigenvalue weighted by Gasteiger charge is 2.22. The van der Waals surface area contributed by atoms with Gasteiger partial charge in [-0.2, -0.15) is 0 Å². The summed E-state index contributed by atoms with van der Waals surface area (Å²) >= 11 is 0. The van der Waals surface area contributed by atoms with Crippen LogP contribution in [-0.2, 0) is 0 Å². The summed E-state index contributed by atoms with van der Waals surface area (Å²) in [5.41, 5.74) is 8.58. The topological polar surface area (TPSA) is 98.3 Å². The Morgan fingerprint density at radius 2 is 1.73 bits per heavy atom. The fourth-order valence-corrected chi connectivity index (χ4v) is 2.63. The number of nitro groups is 1. The maximum atomic E-state index is 12.3. The molecule has 0 saturated carbocycles. The van der Waals surface area contributed by atoms with Gasteiger partial charge >= 0.3 is 0 Å². The molecule has 7 heteroatoms. The lowest BCUT2D eigenvalue weighted by Gasteiger charge is -2.15. The second-order valence-electron chi connectivity index (χ2n) is 6.37. The molecule has 3 N–H and O–H groups in total. The third-order valence-electron chi connectivity index (χ3n) is 4.18. The van der Waals surface area contributed by atoms with Crippen LogP contribution in [0.15, 0.2) is 42.5 Å². The molecule has 0 aliphatic carbocycles. The summed E-state index contributed by atoms with van der Waals surface area (Å²) in [5.74, 6) is -0.0588. The molecule has 0 aromatic heterocycles. The SMILES string of the molecule is Cc1cccc(C(=O)NCC(N)c2ccc(C(C)C)cc2)c1[N+](=O)[O-].Cl. The van der Waals surface area contributed by atoms with Crippen molar-refractivity contribution in [2.24, 2.45) is 5.73 Å². The van der Waals surface area contributed by atoms with E-state index in [-0.39, 0.29) is 36.2 Å². The molecule has 0 aliphatic heterocycles. The molecular formula is C19H24ClN3O3. The molecule has 2 aromatic rings. The van der Waals surface area contributed by atoms with Crippen molar-refractivity contribution in [3.63, 3.8) is 0 Å². The van der Waals surface area contributed by atoms with E-state index in [0.717, 1.165) is 5.56 Å². The first-order valence-electron chi connectivity index (χ1n) is 8.19. The number of nitrogens with two attached hydrogens (primary N) is 1. The fraction of sp³-hybridized carbons (Fsp3) is 0.316. The molecule has 140 valence electrons. The number of hydrogen-bond acceptors (Lipinski definition) is 4. The molecule has 0 heterocycles. The molecule has 0 aliphatic rings. The molecule has 1 amide bonds. The van der Waals surface area contributed by atoms with Gasteiger partial charge in [0.25, 0.3) is 11.6 Å². The van der Waals surface area contributed by atoms with E-state index < -0.39 is 10.8 Å². The predicted molar refractivity (Wildman–Crippen MR) is 105 cm³/mol. The molecule has 2 rings (SSSR count). The molecule has 0 radical (unpaired) electrons. The molecule has 1 unspecified atom stereocenters. The van der Waals surface area contributed by atoms with Gasteiger partial charge < -0.3 is 11.1 Å². The van der Waals surface area contributed by atoms with E-state index in [2.05, 4.69) is 19.2 Å². The van der Waals surface area contributed by atoms with Gasteiger partial charge in [-0.1, -0.05) is 50.2 Å². The lowest BCUT2D eigenvalue weighted by molar-refractivity contribution is -0.385. The molecular weight excluding hydrogens is 354 g/mol. The van der Waals surface area contributed by atoms with Gasteiger partial charge in [0.1, 0.15) is 5.56 Å². The Morgan fingerprint density at radius 3 is 2.27 bits per heavy atom. The second-order valence-corrected chi connectivity index (χ2v) is 6.37. The van der Waals surface area contributed by atoms with Crippen molar-refractivity contribution in [1.29, 1.82) is 0 Å². The summed E-state index contributed by atoms with van der Waals surface area (Å²) in [6.07, 6.45) is 0. The van der Waals surface area contributed by atoms with Crippen LogP contribution in [0.3, 0.4) is 0 Å². The number of hydrogen-bond donors (Lipinski definition) is 2. The quantitative estimate of drug-likeness (QED) is 0.589. The highest BCUT2D eigenvalue weighted by atomic mass is 35.5. The third kappa shape index (κ3) is 5.03. The standard InChI is InChI=1S/C19H23N3O3.ClH/c1-12(2)14-7-9-15(10-8-14)17(20)11-21-19(23)16-6-4-5-13(3)18(16)22(24)25;/h4-10,12,17H,11,20H2,1-3H3,(H,21,23);1H. The smallest absolute Gasteiger partial charge is 0.285 e. The number of halogens is 1. The largest absolute Gasteiger partial charge is 0.350 e. The number of carbonyl (C=O) groups is 1. The van der Waals surface area contributed by atoms with Crippen LogP contribution in [0.4, 0.5) is 5.69 Å². The van der Waals surface area contributed by atoms with Crippen LogP contribution >= 0.6 is 12.4 Å². The predicted octanol–water partition coefficient (Wildman–Crippen LogP) is 3.88. The van der Waals surface area contributed by atoms with Gasteiger partial charge in [0.05, 0.1) is 4.92 Å². The summed E-state index contributed by atoms with van der Waals surface area (Å²) in [6.45, 7) is 6.04. The number of benzene rings is 2. The first-order chi connectivity index (χ1) is 11.8. The number of para-hydroxylation sites is 1. The molecule has 1 atom stereocenters. The minimum absolute atomic E-state index is 0. The Kier molecular flexibility index (Phi) is 7.74.